The molecule has 3 aromatic rings. The molecule has 0 spiro atoms. The van der Waals surface area contributed by atoms with Gasteiger partial charge in [-0.15, -0.1) is 0 Å². The maximum absolute atomic E-state index is 13.1. The molecule has 0 atom stereocenters. The average Bonchev–Trinajstić information content (AvgIpc) is 2.97. The van der Waals surface area contributed by atoms with Crippen molar-refractivity contribution in [3.05, 3.63) is 89.2 Å². The second kappa shape index (κ2) is 10.4. The lowest BCUT2D eigenvalue weighted by molar-refractivity contribution is -0.133. The summed E-state index contributed by atoms with van der Waals surface area (Å²) in [6.07, 6.45) is 0.608. The molecule has 7 heteroatoms. The van der Waals surface area contributed by atoms with Gasteiger partial charge in [0.15, 0.2) is 6.61 Å². The molecule has 0 fully saturated rings. The molecule has 0 aromatic heterocycles. The van der Waals surface area contributed by atoms with Crippen molar-refractivity contribution in [2.45, 2.75) is 32.7 Å². The first-order valence-corrected chi connectivity index (χ1v) is 11.3. The minimum Gasteiger partial charge on any atom is -0.483 e. The van der Waals surface area contributed by atoms with E-state index in [1.165, 1.54) is 17.7 Å². The highest BCUT2D eigenvalue weighted by Gasteiger charge is 2.22. The SMILES string of the molecule is CC(C)c1ccc(NC(=O)Nc2ccc3c(c2)CN(CCc2ccc(F)cc2)C(=O)CO3)cc1. The number of nitrogens with one attached hydrogen (secondary N) is 2. The van der Waals surface area contributed by atoms with Crippen LogP contribution >= 0.6 is 0 Å². The predicted octanol–water partition coefficient (Wildman–Crippen LogP) is 5.56. The molecule has 0 bridgehead atoms. The first-order chi connectivity index (χ1) is 16.4. The second-order valence-corrected chi connectivity index (χ2v) is 8.66. The van der Waals surface area contributed by atoms with Gasteiger partial charge in [0.25, 0.3) is 5.91 Å². The van der Waals surface area contributed by atoms with E-state index in [2.05, 4.69) is 24.5 Å². The van der Waals surface area contributed by atoms with Gasteiger partial charge in [0, 0.05) is 30.0 Å². The lowest BCUT2D eigenvalue weighted by Crippen LogP contribution is -2.34. The lowest BCUT2D eigenvalue weighted by Gasteiger charge is -2.20. The van der Waals surface area contributed by atoms with E-state index in [4.69, 9.17) is 4.74 Å². The molecule has 34 heavy (non-hydrogen) atoms. The monoisotopic (exact) mass is 461 g/mol. The Bertz CT molecular complexity index is 1160. The molecule has 0 aliphatic carbocycles. The van der Waals surface area contributed by atoms with Gasteiger partial charge in [-0.1, -0.05) is 38.1 Å². The summed E-state index contributed by atoms with van der Waals surface area (Å²) in [4.78, 5) is 26.8. The number of rotatable bonds is 6. The summed E-state index contributed by atoms with van der Waals surface area (Å²) in [5, 5.41) is 5.68. The number of halogens is 1. The molecule has 3 amide bonds. The Morgan fingerprint density at radius 2 is 1.68 bits per heavy atom. The van der Waals surface area contributed by atoms with Crippen LogP contribution in [0, 0.1) is 5.82 Å². The van der Waals surface area contributed by atoms with Crippen molar-refractivity contribution in [3.63, 3.8) is 0 Å². The highest BCUT2D eigenvalue weighted by atomic mass is 19.1. The van der Waals surface area contributed by atoms with Crippen LogP contribution in [0.3, 0.4) is 0 Å². The minimum absolute atomic E-state index is 0.0456. The predicted molar refractivity (Wildman–Crippen MR) is 131 cm³/mol. The summed E-state index contributed by atoms with van der Waals surface area (Å²) >= 11 is 0. The molecule has 6 nitrogen and oxygen atoms in total. The third kappa shape index (κ3) is 5.92. The highest BCUT2D eigenvalue weighted by Crippen LogP contribution is 2.27. The Kier molecular flexibility index (Phi) is 7.11. The van der Waals surface area contributed by atoms with Gasteiger partial charge in [0.2, 0.25) is 0 Å². The molecule has 0 unspecified atom stereocenters. The van der Waals surface area contributed by atoms with Crippen LogP contribution in [-0.4, -0.2) is 30.0 Å². The summed E-state index contributed by atoms with van der Waals surface area (Å²) in [5.41, 5.74) is 4.27. The normalized spacial score (nSPS) is 13.2. The molecule has 0 saturated carbocycles. The smallest absolute Gasteiger partial charge is 0.323 e. The van der Waals surface area contributed by atoms with Gasteiger partial charge in [-0.25, -0.2) is 9.18 Å². The fraction of sp³-hybridized carbons (Fsp3) is 0.259. The van der Waals surface area contributed by atoms with Crippen LogP contribution in [0.1, 0.15) is 36.5 Å². The number of nitrogens with zero attached hydrogens (tertiary/aromatic N) is 1. The Morgan fingerprint density at radius 1 is 1.00 bits per heavy atom. The van der Waals surface area contributed by atoms with Crippen molar-refractivity contribution in [3.8, 4) is 5.75 Å². The van der Waals surface area contributed by atoms with E-state index >= 15 is 0 Å². The second-order valence-electron chi connectivity index (χ2n) is 8.66. The molecule has 4 rings (SSSR count). The van der Waals surface area contributed by atoms with Crippen LogP contribution in [0.15, 0.2) is 66.7 Å². The quantitative estimate of drug-likeness (QED) is 0.505. The Morgan fingerprint density at radius 3 is 2.38 bits per heavy atom. The van der Waals surface area contributed by atoms with Crippen molar-refractivity contribution < 1.29 is 18.7 Å². The molecule has 1 aliphatic rings. The van der Waals surface area contributed by atoms with Gasteiger partial charge in [0.05, 0.1) is 0 Å². The number of carbonyl (C=O) groups is 2. The first-order valence-electron chi connectivity index (χ1n) is 11.3. The summed E-state index contributed by atoms with van der Waals surface area (Å²) in [5.74, 6) is 0.642. The summed E-state index contributed by atoms with van der Waals surface area (Å²) in [6.45, 7) is 5.04. The van der Waals surface area contributed by atoms with Crippen LogP contribution in [-0.2, 0) is 17.8 Å². The van der Waals surface area contributed by atoms with Gasteiger partial charge < -0.3 is 20.3 Å². The Labute approximate surface area is 198 Å². The Hall–Kier alpha value is -3.87. The molecule has 3 aromatic carbocycles. The van der Waals surface area contributed by atoms with Crippen LogP contribution < -0.4 is 15.4 Å². The number of hydrogen-bond acceptors (Lipinski definition) is 3. The number of urea groups is 1. The van der Waals surface area contributed by atoms with E-state index in [-0.39, 0.29) is 24.4 Å². The van der Waals surface area contributed by atoms with Crippen LogP contribution in [0.2, 0.25) is 0 Å². The number of fused-ring (bicyclic) bond motifs is 1. The zero-order chi connectivity index (χ0) is 24.1. The first kappa shape index (κ1) is 23.3. The fourth-order valence-corrected chi connectivity index (χ4v) is 3.81. The maximum Gasteiger partial charge on any atom is 0.323 e. The van der Waals surface area contributed by atoms with Gasteiger partial charge >= 0.3 is 6.03 Å². The van der Waals surface area contributed by atoms with Crippen LogP contribution in [0.25, 0.3) is 0 Å². The van der Waals surface area contributed by atoms with Crippen LogP contribution in [0.4, 0.5) is 20.6 Å². The third-order valence-corrected chi connectivity index (χ3v) is 5.80. The largest absolute Gasteiger partial charge is 0.483 e. The number of benzene rings is 3. The van der Waals surface area contributed by atoms with Crippen LogP contribution in [0.5, 0.6) is 5.75 Å². The minimum atomic E-state index is -0.351. The number of amides is 3. The average molecular weight is 462 g/mol. The standard InChI is InChI=1S/C27H28FN3O3/c1-18(2)20-5-9-23(10-6-20)29-27(33)30-24-11-12-25-21(15-24)16-31(26(32)17-34-25)14-13-19-3-7-22(28)8-4-19/h3-12,15,18H,13-14,16-17H2,1-2H3,(H2,29,30,33). The van der Waals surface area contributed by atoms with E-state index < -0.39 is 0 Å². The molecule has 1 heterocycles. The zero-order valence-electron chi connectivity index (χ0n) is 19.3. The molecule has 2 N–H and O–H groups in total. The van der Waals surface area contributed by atoms with E-state index in [0.717, 1.165) is 11.1 Å². The van der Waals surface area contributed by atoms with E-state index in [0.29, 0.717) is 42.6 Å². The van der Waals surface area contributed by atoms with E-state index in [9.17, 15) is 14.0 Å². The summed E-state index contributed by atoms with van der Waals surface area (Å²) in [6, 6.07) is 19.0. The van der Waals surface area contributed by atoms with Gasteiger partial charge in [-0.05, 0) is 65.9 Å². The maximum atomic E-state index is 13.1. The number of ether oxygens (including phenoxy) is 1. The van der Waals surface area contributed by atoms with Crippen molar-refractivity contribution in [1.29, 1.82) is 0 Å². The summed E-state index contributed by atoms with van der Waals surface area (Å²) in [7, 11) is 0. The molecular weight excluding hydrogens is 433 g/mol. The van der Waals surface area contributed by atoms with Gasteiger partial charge in [-0.3, -0.25) is 4.79 Å². The number of anilines is 2. The van der Waals surface area contributed by atoms with E-state index in [1.807, 2.05) is 30.3 Å². The third-order valence-electron chi connectivity index (χ3n) is 5.80. The van der Waals surface area contributed by atoms with Crippen molar-refractivity contribution in [1.82, 2.24) is 4.90 Å². The van der Waals surface area contributed by atoms with Crippen molar-refractivity contribution >= 4 is 23.3 Å². The topological polar surface area (TPSA) is 70.7 Å². The zero-order valence-corrected chi connectivity index (χ0v) is 19.3. The lowest BCUT2D eigenvalue weighted by atomic mass is 10.0. The molecule has 0 radical (unpaired) electrons. The molecule has 1 aliphatic heterocycles. The van der Waals surface area contributed by atoms with Crippen molar-refractivity contribution in [2.24, 2.45) is 0 Å². The highest BCUT2D eigenvalue weighted by molar-refractivity contribution is 5.99. The summed E-state index contributed by atoms with van der Waals surface area (Å²) < 4.78 is 18.8. The molecule has 176 valence electrons. The molecule has 0 saturated heterocycles. The fourth-order valence-electron chi connectivity index (χ4n) is 3.81. The van der Waals surface area contributed by atoms with Crippen molar-refractivity contribution in [2.75, 3.05) is 23.8 Å². The van der Waals surface area contributed by atoms with E-state index in [1.54, 1.807) is 29.2 Å². The Balaban J connectivity index is 1.40. The number of hydrogen-bond donors (Lipinski definition) is 2. The molecular formula is C27H28FN3O3. The van der Waals surface area contributed by atoms with Gasteiger partial charge in [-0.2, -0.15) is 0 Å². The van der Waals surface area contributed by atoms with Gasteiger partial charge in [0.1, 0.15) is 11.6 Å². The number of carbonyl (C=O) groups excluding carboxylic acids is 2.